The highest BCUT2D eigenvalue weighted by Crippen LogP contribution is 2.23. The Balaban J connectivity index is 2.23. The van der Waals surface area contributed by atoms with Gasteiger partial charge in [-0.05, 0) is 37.3 Å². The molecule has 0 amide bonds. The van der Waals surface area contributed by atoms with Crippen LogP contribution in [0, 0.1) is 12.7 Å². The van der Waals surface area contributed by atoms with Crippen LogP contribution < -0.4 is 4.74 Å². The van der Waals surface area contributed by atoms with Crippen LogP contribution in [-0.2, 0) is 6.61 Å². The summed E-state index contributed by atoms with van der Waals surface area (Å²) in [6.07, 6.45) is 0. The maximum absolute atomic E-state index is 13.6. The summed E-state index contributed by atoms with van der Waals surface area (Å²) in [4.78, 5) is 11.1. The van der Waals surface area contributed by atoms with Crippen LogP contribution in [0.15, 0.2) is 40.9 Å². The molecule has 0 fully saturated rings. The number of hydrogen-bond donors (Lipinski definition) is 1. The molecule has 104 valence electrons. The van der Waals surface area contributed by atoms with E-state index >= 15 is 0 Å². The van der Waals surface area contributed by atoms with E-state index in [1.807, 2.05) is 0 Å². The smallest absolute Gasteiger partial charge is 0.339 e. The largest absolute Gasteiger partial charge is 0.488 e. The summed E-state index contributed by atoms with van der Waals surface area (Å²) in [5.74, 6) is -1.24. The number of halogens is 2. The first-order valence-electron chi connectivity index (χ1n) is 5.88. The predicted molar refractivity (Wildman–Crippen MR) is 76.6 cm³/mol. The van der Waals surface area contributed by atoms with E-state index in [0.717, 1.165) is 10.0 Å². The van der Waals surface area contributed by atoms with Crippen LogP contribution in [0.3, 0.4) is 0 Å². The summed E-state index contributed by atoms with van der Waals surface area (Å²) < 4.78 is 19.7. The third-order valence-corrected chi connectivity index (χ3v) is 3.25. The molecule has 0 heterocycles. The molecule has 0 bridgehead atoms. The van der Waals surface area contributed by atoms with Gasteiger partial charge in [-0.15, -0.1) is 0 Å². The molecule has 1 N–H and O–H groups in total. The fourth-order valence-electron chi connectivity index (χ4n) is 1.75. The van der Waals surface area contributed by atoms with Gasteiger partial charge in [-0.25, -0.2) is 9.18 Å². The molecule has 5 heteroatoms. The van der Waals surface area contributed by atoms with E-state index in [-0.39, 0.29) is 17.9 Å². The van der Waals surface area contributed by atoms with Crippen molar-refractivity contribution in [3.05, 3.63) is 63.4 Å². The van der Waals surface area contributed by atoms with E-state index < -0.39 is 11.8 Å². The van der Waals surface area contributed by atoms with Crippen molar-refractivity contribution in [3.8, 4) is 5.75 Å². The minimum Gasteiger partial charge on any atom is -0.488 e. The van der Waals surface area contributed by atoms with Gasteiger partial charge in [0.1, 0.15) is 23.7 Å². The third kappa shape index (κ3) is 3.36. The monoisotopic (exact) mass is 338 g/mol. The number of benzene rings is 2. The molecule has 20 heavy (non-hydrogen) atoms. The molecule has 0 aliphatic carbocycles. The SMILES string of the molecule is Cc1ccc(OCc2cc(Br)ccc2F)c(C(=O)O)c1. The molecular formula is C15H12BrFO3. The first kappa shape index (κ1) is 14.5. The highest BCUT2D eigenvalue weighted by molar-refractivity contribution is 9.10. The second kappa shape index (κ2) is 6.05. The standard InChI is InChI=1S/C15H12BrFO3/c1-9-2-5-14(12(6-9)15(18)19)20-8-10-7-11(16)3-4-13(10)17/h2-7H,8H2,1H3,(H,18,19). The molecule has 0 spiro atoms. The van der Waals surface area contributed by atoms with Crippen molar-refractivity contribution in [1.29, 1.82) is 0 Å². The normalized spacial score (nSPS) is 10.3. The Kier molecular flexibility index (Phi) is 4.39. The highest BCUT2D eigenvalue weighted by Gasteiger charge is 2.12. The second-order valence-electron chi connectivity index (χ2n) is 4.33. The molecule has 0 aromatic heterocycles. The lowest BCUT2D eigenvalue weighted by Gasteiger charge is -2.10. The van der Waals surface area contributed by atoms with Crippen LogP contribution >= 0.6 is 15.9 Å². The van der Waals surface area contributed by atoms with Crippen molar-refractivity contribution in [3.63, 3.8) is 0 Å². The summed E-state index contributed by atoms with van der Waals surface area (Å²) in [7, 11) is 0. The van der Waals surface area contributed by atoms with Gasteiger partial charge in [0, 0.05) is 10.0 Å². The second-order valence-corrected chi connectivity index (χ2v) is 5.24. The van der Waals surface area contributed by atoms with Crippen molar-refractivity contribution in [2.45, 2.75) is 13.5 Å². The van der Waals surface area contributed by atoms with Crippen LogP contribution in [0.5, 0.6) is 5.75 Å². The van der Waals surface area contributed by atoms with Gasteiger partial charge < -0.3 is 9.84 Å². The van der Waals surface area contributed by atoms with Gasteiger partial charge in [0.15, 0.2) is 0 Å². The highest BCUT2D eigenvalue weighted by atomic mass is 79.9. The van der Waals surface area contributed by atoms with Gasteiger partial charge in [0.25, 0.3) is 0 Å². The zero-order valence-electron chi connectivity index (χ0n) is 10.7. The lowest BCUT2D eigenvalue weighted by Crippen LogP contribution is -2.05. The molecule has 2 rings (SSSR count). The lowest BCUT2D eigenvalue weighted by molar-refractivity contribution is 0.0691. The molecule has 0 aliphatic heterocycles. The molecule has 0 radical (unpaired) electrons. The van der Waals surface area contributed by atoms with Crippen LogP contribution in [0.2, 0.25) is 0 Å². The molecule has 3 nitrogen and oxygen atoms in total. The van der Waals surface area contributed by atoms with E-state index in [0.29, 0.717) is 5.56 Å². The Morgan fingerprint density at radius 3 is 2.75 bits per heavy atom. The Hall–Kier alpha value is -1.88. The molecule has 2 aromatic carbocycles. The van der Waals surface area contributed by atoms with E-state index in [1.165, 1.54) is 12.1 Å². The molecular weight excluding hydrogens is 327 g/mol. The Morgan fingerprint density at radius 2 is 2.05 bits per heavy atom. The summed E-state index contributed by atoms with van der Waals surface area (Å²) in [6.45, 7) is 1.76. The Bertz CT molecular complexity index is 656. The number of carbonyl (C=O) groups is 1. The number of hydrogen-bond acceptors (Lipinski definition) is 2. The summed E-state index contributed by atoms with van der Waals surface area (Å²) >= 11 is 3.25. The number of aryl methyl sites for hydroxylation is 1. The quantitative estimate of drug-likeness (QED) is 0.909. The van der Waals surface area contributed by atoms with Crippen molar-refractivity contribution in [1.82, 2.24) is 0 Å². The van der Waals surface area contributed by atoms with Crippen molar-refractivity contribution in [2.24, 2.45) is 0 Å². The third-order valence-electron chi connectivity index (χ3n) is 2.76. The summed E-state index contributed by atoms with van der Waals surface area (Å²) in [6, 6.07) is 9.37. The fourth-order valence-corrected chi connectivity index (χ4v) is 2.15. The van der Waals surface area contributed by atoms with Gasteiger partial charge in [0.2, 0.25) is 0 Å². The van der Waals surface area contributed by atoms with E-state index in [4.69, 9.17) is 9.84 Å². The summed E-state index contributed by atoms with van der Waals surface area (Å²) in [5.41, 5.74) is 1.25. The zero-order chi connectivity index (χ0) is 14.7. The molecule has 0 unspecified atom stereocenters. The minimum absolute atomic E-state index is 0.0331. The molecule has 0 saturated heterocycles. The van der Waals surface area contributed by atoms with Gasteiger partial charge in [-0.1, -0.05) is 27.6 Å². The van der Waals surface area contributed by atoms with Crippen LogP contribution in [0.4, 0.5) is 4.39 Å². The number of carboxylic acids is 1. The zero-order valence-corrected chi connectivity index (χ0v) is 12.3. The lowest BCUT2D eigenvalue weighted by atomic mass is 10.1. The van der Waals surface area contributed by atoms with Crippen molar-refractivity contribution >= 4 is 21.9 Å². The van der Waals surface area contributed by atoms with Crippen LogP contribution in [0.1, 0.15) is 21.5 Å². The molecule has 0 atom stereocenters. The number of carboxylic acid groups (broad SMARTS) is 1. The van der Waals surface area contributed by atoms with E-state index in [1.54, 1.807) is 31.2 Å². The van der Waals surface area contributed by atoms with Gasteiger partial charge >= 0.3 is 5.97 Å². The van der Waals surface area contributed by atoms with Gasteiger partial charge in [0.05, 0.1) is 0 Å². The topological polar surface area (TPSA) is 46.5 Å². The molecule has 0 aliphatic rings. The maximum Gasteiger partial charge on any atom is 0.339 e. The van der Waals surface area contributed by atoms with Crippen LogP contribution in [0.25, 0.3) is 0 Å². The predicted octanol–water partition coefficient (Wildman–Crippen LogP) is 4.17. The Labute approximate surface area is 124 Å². The number of rotatable bonds is 4. The van der Waals surface area contributed by atoms with Gasteiger partial charge in [-0.2, -0.15) is 0 Å². The van der Waals surface area contributed by atoms with Crippen molar-refractivity contribution < 1.29 is 19.0 Å². The minimum atomic E-state index is -1.07. The number of ether oxygens (including phenoxy) is 1. The average Bonchev–Trinajstić information content (AvgIpc) is 2.40. The molecule has 0 saturated carbocycles. The summed E-state index contributed by atoms with van der Waals surface area (Å²) in [5, 5.41) is 9.12. The fraction of sp³-hybridized carbons (Fsp3) is 0.133. The van der Waals surface area contributed by atoms with E-state index in [9.17, 15) is 9.18 Å². The van der Waals surface area contributed by atoms with Gasteiger partial charge in [-0.3, -0.25) is 0 Å². The van der Waals surface area contributed by atoms with Crippen molar-refractivity contribution in [2.75, 3.05) is 0 Å². The molecule has 2 aromatic rings. The first-order valence-corrected chi connectivity index (χ1v) is 6.67. The van der Waals surface area contributed by atoms with E-state index in [2.05, 4.69) is 15.9 Å². The average molecular weight is 339 g/mol. The Morgan fingerprint density at radius 1 is 1.30 bits per heavy atom. The number of aromatic carboxylic acids is 1. The van der Waals surface area contributed by atoms with Crippen LogP contribution in [-0.4, -0.2) is 11.1 Å². The first-order chi connectivity index (χ1) is 9.47. The maximum atomic E-state index is 13.6.